The molecule has 1 fully saturated rings. The first-order chi connectivity index (χ1) is 16.1. The lowest BCUT2D eigenvalue weighted by Crippen LogP contribution is -2.40. The fraction of sp³-hybridized carbons (Fsp3) is 0.292. The van der Waals surface area contributed by atoms with Crippen molar-refractivity contribution >= 4 is 17.6 Å². The Morgan fingerprint density at radius 1 is 1.06 bits per heavy atom. The molecule has 1 heterocycles. The van der Waals surface area contributed by atoms with E-state index < -0.39 is 52.9 Å². The van der Waals surface area contributed by atoms with Crippen LogP contribution >= 0.6 is 0 Å². The van der Waals surface area contributed by atoms with Gasteiger partial charge in [0.2, 0.25) is 5.91 Å². The van der Waals surface area contributed by atoms with Crippen LogP contribution in [0.2, 0.25) is 0 Å². The number of hydrogen-bond acceptors (Lipinski definition) is 4. The number of carbonyl (C=O) groups is 2. The molecule has 10 heteroatoms. The second-order valence-corrected chi connectivity index (χ2v) is 8.22. The summed E-state index contributed by atoms with van der Waals surface area (Å²) in [4.78, 5) is 25.1. The maximum Gasteiger partial charge on any atom is 0.416 e. The molecule has 6 nitrogen and oxygen atoms in total. The molecule has 0 saturated heterocycles. The maximum atomic E-state index is 14.2. The predicted molar refractivity (Wildman–Crippen MR) is 113 cm³/mol. The smallest absolute Gasteiger partial charge is 0.416 e. The van der Waals surface area contributed by atoms with E-state index in [-0.39, 0.29) is 6.42 Å². The lowest BCUT2D eigenvalue weighted by atomic mass is 9.69. The normalized spacial score (nSPS) is 20.6. The number of amides is 1. The summed E-state index contributed by atoms with van der Waals surface area (Å²) >= 11 is 0. The number of aromatic nitrogens is 1. The molecule has 4 rings (SSSR count). The van der Waals surface area contributed by atoms with E-state index in [1.165, 1.54) is 6.26 Å². The Labute approximate surface area is 191 Å². The van der Waals surface area contributed by atoms with E-state index in [1.807, 2.05) is 12.1 Å². The van der Waals surface area contributed by atoms with Gasteiger partial charge in [0.1, 0.15) is 12.1 Å². The molecule has 0 unspecified atom stereocenters. The summed E-state index contributed by atoms with van der Waals surface area (Å²) in [7, 11) is 0. The van der Waals surface area contributed by atoms with E-state index in [9.17, 15) is 32.3 Å². The molecule has 0 aliphatic heterocycles. The number of anilines is 1. The molecule has 34 heavy (non-hydrogen) atoms. The third-order valence-electron chi connectivity index (χ3n) is 6.18. The van der Waals surface area contributed by atoms with Crippen molar-refractivity contribution in [3.05, 3.63) is 71.9 Å². The number of halogens is 4. The molecular formula is C24H20F4N2O4. The van der Waals surface area contributed by atoms with E-state index in [0.717, 1.165) is 22.8 Å². The summed E-state index contributed by atoms with van der Waals surface area (Å²) in [6.07, 6.45) is -0.317. The van der Waals surface area contributed by atoms with Gasteiger partial charge in [0.05, 0.1) is 29.3 Å². The van der Waals surface area contributed by atoms with Gasteiger partial charge in [-0.05, 0) is 48.1 Å². The van der Waals surface area contributed by atoms with Crippen LogP contribution in [-0.2, 0) is 15.8 Å². The third kappa shape index (κ3) is 4.80. The molecule has 2 aromatic carbocycles. The molecule has 178 valence electrons. The summed E-state index contributed by atoms with van der Waals surface area (Å²) < 4.78 is 57.4. The molecule has 2 N–H and O–H groups in total. The average molecular weight is 476 g/mol. The SMILES string of the molecule is O=C(O)[C@@H]1[C@@H](c2ccc(-c3cnoc3)cc2)CCC[C@H]1C(=O)Nc1ccc(C(F)(F)F)cc1F. The van der Waals surface area contributed by atoms with Crippen molar-refractivity contribution in [2.24, 2.45) is 11.8 Å². The summed E-state index contributed by atoms with van der Waals surface area (Å²) in [6.45, 7) is 0. The number of alkyl halides is 3. The van der Waals surface area contributed by atoms with Crippen molar-refractivity contribution in [2.75, 3.05) is 5.32 Å². The lowest BCUT2D eigenvalue weighted by molar-refractivity contribution is -0.148. The molecule has 1 amide bonds. The van der Waals surface area contributed by atoms with Crippen LogP contribution in [0.4, 0.5) is 23.2 Å². The second kappa shape index (κ2) is 9.28. The van der Waals surface area contributed by atoms with Crippen molar-refractivity contribution in [2.45, 2.75) is 31.4 Å². The number of nitrogens with zero attached hydrogens (tertiary/aromatic N) is 1. The molecule has 1 aromatic heterocycles. The highest BCUT2D eigenvalue weighted by molar-refractivity contribution is 5.95. The van der Waals surface area contributed by atoms with Crippen LogP contribution in [0, 0.1) is 17.7 Å². The van der Waals surface area contributed by atoms with Crippen LogP contribution in [0.5, 0.6) is 0 Å². The summed E-state index contributed by atoms with van der Waals surface area (Å²) in [5.74, 6) is -5.66. The first-order valence-electron chi connectivity index (χ1n) is 10.6. The number of rotatable bonds is 5. The molecule has 1 aliphatic carbocycles. The molecular weight excluding hydrogens is 456 g/mol. The molecule has 0 bridgehead atoms. The highest BCUT2D eigenvalue weighted by Crippen LogP contribution is 2.43. The first kappa shape index (κ1) is 23.5. The Morgan fingerprint density at radius 2 is 1.79 bits per heavy atom. The van der Waals surface area contributed by atoms with Gasteiger partial charge < -0.3 is 14.9 Å². The average Bonchev–Trinajstić information content (AvgIpc) is 3.34. The second-order valence-electron chi connectivity index (χ2n) is 8.22. The van der Waals surface area contributed by atoms with Crippen LogP contribution in [0.15, 0.2) is 59.4 Å². The lowest BCUT2D eigenvalue weighted by Gasteiger charge is -2.35. The molecule has 0 spiro atoms. The zero-order valence-corrected chi connectivity index (χ0v) is 17.7. The monoisotopic (exact) mass is 476 g/mol. The minimum Gasteiger partial charge on any atom is -0.481 e. The summed E-state index contributed by atoms with van der Waals surface area (Å²) in [5, 5.41) is 15.9. The number of hydrogen-bond donors (Lipinski definition) is 2. The zero-order chi connectivity index (χ0) is 24.5. The van der Waals surface area contributed by atoms with Crippen molar-refractivity contribution < 1.29 is 36.8 Å². The number of carboxylic acids is 1. The number of aliphatic carboxylic acids is 1. The van der Waals surface area contributed by atoms with Crippen molar-refractivity contribution in [3.63, 3.8) is 0 Å². The van der Waals surface area contributed by atoms with Crippen molar-refractivity contribution in [1.82, 2.24) is 5.16 Å². The van der Waals surface area contributed by atoms with Gasteiger partial charge in [-0.1, -0.05) is 35.8 Å². The van der Waals surface area contributed by atoms with Crippen molar-refractivity contribution in [3.8, 4) is 11.1 Å². The fourth-order valence-electron chi connectivity index (χ4n) is 4.50. The summed E-state index contributed by atoms with van der Waals surface area (Å²) in [6, 6.07) is 8.98. The largest absolute Gasteiger partial charge is 0.481 e. The maximum absolute atomic E-state index is 14.2. The van der Waals surface area contributed by atoms with Crippen LogP contribution in [0.3, 0.4) is 0 Å². The van der Waals surface area contributed by atoms with Crippen molar-refractivity contribution in [1.29, 1.82) is 0 Å². The molecule has 3 aromatic rings. The molecule has 0 radical (unpaired) electrons. The van der Waals surface area contributed by atoms with Gasteiger partial charge in [0.25, 0.3) is 0 Å². The Balaban J connectivity index is 1.55. The minimum atomic E-state index is -4.72. The fourth-order valence-corrected chi connectivity index (χ4v) is 4.50. The van der Waals surface area contributed by atoms with Crippen LogP contribution < -0.4 is 5.32 Å². The van der Waals surface area contributed by atoms with Crippen LogP contribution in [0.25, 0.3) is 11.1 Å². The van der Waals surface area contributed by atoms with Gasteiger partial charge in [-0.15, -0.1) is 0 Å². The van der Waals surface area contributed by atoms with Gasteiger partial charge in [-0.2, -0.15) is 13.2 Å². The molecule has 3 atom stereocenters. The van der Waals surface area contributed by atoms with Gasteiger partial charge in [-0.25, -0.2) is 4.39 Å². The molecule has 1 aliphatic rings. The standard InChI is InChI=1S/C24H20F4N2O4/c25-19-10-16(24(26,27)28)8-9-20(19)30-22(31)18-3-1-2-17(21(18)23(32)33)14-6-4-13(5-7-14)15-11-29-34-12-15/h4-12,17-18,21H,1-3H2,(H,30,31)(H,32,33)/t17-,18-,21-/m1/s1. The molecule has 1 saturated carbocycles. The highest BCUT2D eigenvalue weighted by Gasteiger charge is 2.43. The van der Waals surface area contributed by atoms with Crippen LogP contribution in [-0.4, -0.2) is 22.1 Å². The highest BCUT2D eigenvalue weighted by atomic mass is 19.4. The first-order valence-corrected chi connectivity index (χ1v) is 10.6. The van der Waals surface area contributed by atoms with E-state index in [0.29, 0.717) is 25.0 Å². The Bertz CT molecular complexity index is 1180. The quantitative estimate of drug-likeness (QED) is 0.460. The van der Waals surface area contributed by atoms with Gasteiger partial charge in [0.15, 0.2) is 0 Å². The Hall–Kier alpha value is -3.69. The third-order valence-corrected chi connectivity index (χ3v) is 6.18. The van der Waals surface area contributed by atoms with Crippen LogP contribution in [0.1, 0.15) is 36.3 Å². The van der Waals surface area contributed by atoms with E-state index in [2.05, 4.69) is 10.5 Å². The van der Waals surface area contributed by atoms with E-state index in [4.69, 9.17) is 4.52 Å². The van der Waals surface area contributed by atoms with Gasteiger partial charge in [0, 0.05) is 5.56 Å². The predicted octanol–water partition coefficient (Wildman–Crippen LogP) is 5.72. The summed E-state index contributed by atoms with van der Waals surface area (Å²) in [5.41, 5.74) is 0.729. The van der Waals surface area contributed by atoms with Gasteiger partial charge >= 0.3 is 12.1 Å². The number of nitrogens with one attached hydrogen (secondary N) is 1. The number of carboxylic acid groups (broad SMARTS) is 1. The van der Waals surface area contributed by atoms with E-state index >= 15 is 0 Å². The van der Waals surface area contributed by atoms with Gasteiger partial charge in [-0.3, -0.25) is 9.59 Å². The number of benzene rings is 2. The van der Waals surface area contributed by atoms with E-state index in [1.54, 1.807) is 18.3 Å². The topological polar surface area (TPSA) is 92.4 Å². The minimum absolute atomic E-state index is 0.264. The number of carbonyl (C=O) groups excluding carboxylic acids is 1. The zero-order valence-electron chi connectivity index (χ0n) is 17.7. The Morgan fingerprint density at radius 3 is 2.38 bits per heavy atom. The Kier molecular flexibility index (Phi) is 6.41.